The Bertz CT molecular complexity index is 1120. The zero-order valence-corrected chi connectivity index (χ0v) is 26.0. The predicted octanol–water partition coefficient (Wildman–Crippen LogP) is 7.28. The molecule has 0 spiro atoms. The first-order chi connectivity index (χ1) is 20.4. The van der Waals surface area contributed by atoms with Gasteiger partial charge in [0.05, 0.1) is 21.7 Å². The lowest BCUT2D eigenvalue weighted by Gasteiger charge is -2.66. The maximum absolute atomic E-state index is 13.8. The molecule has 2 N–H and O–H groups in total. The standard InChI is InChI=1S/C36H54N2O4/c39-28-33-20-11-13-22-35(33,30(41)37-28)26(24-33)16-15-19-32(17-9-7-5-3-1-2-4-6-8-10-18-32)27-25-34-21-12-14-23-36(27,34)31(42)38-29(34)40/h26-27H,1-25H2,(H,37,39,41)(H,38,40,42). The minimum absolute atomic E-state index is 0.00859. The van der Waals surface area contributed by atoms with Crippen LogP contribution in [0.1, 0.15) is 161 Å². The second-order valence-corrected chi connectivity index (χ2v) is 16.0. The summed E-state index contributed by atoms with van der Waals surface area (Å²) in [5.41, 5.74) is -1.71. The van der Waals surface area contributed by atoms with Crippen molar-refractivity contribution in [1.82, 2.24) is 10.6 Å². The summed E-state index contributed by atoms with van der Waals surface area (Å²) in [6, 6.07) is 0. The van der Waals surface area contributed by atoms with E-state index in [2.05, 4.69) is 10.6 Å². The zero-order chi connectivity index (χ0) is 29.1. The number of carbonyl (C=O) groups is 4. The van der Waals surface area contributed by atoms with Crippen LogP contribution in [0.3, 0.4) is 0 Å². The molecule has 2 aliphatic heterocycles. The van der Waals surface area contributed by atoms with Crippen molar-refractivity contribution in [2.75, 3.05) is 0 Å². The van der Waals surface area contributed by atoms with Crippen molar-refractivity contribution in [2.45, 2.75) is 161 Å². The summed E-state index contributed by atoms with van der Waals surface area (Å²) >= 11 is 0. The van der Waals surface area contributed by atoms with Gasteiger partial charge in [-0.15, -0.1) is 0 Å². The molecule has 0 aromatic heterocycles. The molecule has 232 valence electrons. The van der Waals surface area contributed by atoms with Crippen LogP contribution < -0.4 is 10.6 Å². The summed E-state index contributed by atoms with van der Waals surface area (Å²) in [5.74, 6) is 0.715. The van der Waals surface area contributed by atoms with Crippen molar-refractivity contribution in [3.63, 3.8) is 0 Å². The molecule has 7 fully saturated rings. The van der Waals surface area contributed by atoms with E-state index in [1.54, 1.807) is 0 Å². The molecule has 6 unspecified atom stereocenters. The number of imide groups is 2. The van der Waals surface area contributed by atoms with Crippen LogP contribution in [0.2, 0.25) is 0 Å². The maximum Gasteiger partial charge on any atom is 0.234 e. The van der Waals surface area contributed by atoms with Crippen molar-refractivity contribution in [3.05, 3.63) is 0 Å². The van der Waals surface area contributed by atoms with Crippen molar-refractivity contribution < 1.29 is 19.2 Å². The first kappa shape index (κ1) is 29.0. The molecule has 7 aliphatic rings. The average molecular weight is 579 g/mol. The summed E-state index contributed by atoms with van der Waals surface area (Å²) in [4.78, 5) is 53.4. The van der Waals surface area contributed by atoms with E-state index in [9.17, 15) is 19.2 Å². The highest BCUT2D eigenvalue weighted by Gasteiger charge is 2.79. The van der Waals surface area contributed by atoms with E-state index >= 15 is 0 Å². The van der Waals surface area contributed by atoms with E-state index in [1.807, 2.05) is 0 Å². The Hall–Kier alpha value is -1.72. The normalized spacial score (nSPS) is 43.5. The van der Waals surface area contributed by atoms with Crippen molar-refractivity contribution in [2.24, 2.45) is 38.9 Å². The van der Waals surface area contributed by atoms with Crippen molar-refractivity contribution in [3.8, 4) is 0 Å². The molecule has 7 rings (SSSR count). The zero-order valence-electron chi connectivity index (χ0n) is 26.0. The van der Waals surface area contributed by atoms with E-state index in [4.69, 9.17) is 0 Å². The molecule has 6 nitrogen and oxygen atoms in total. The van der Waals surface area contributed by atoms with Crippen LogP contribution in [0.5, 0.6) is 0 Å². The Morgan fingerprint density at radius 1 is 0.500 bits per heavy atom. The van der Waals surface area contributed by atoms with E-state index in [1.165, 1.54) is 77.0 Å². The predicted molar refractivity (Wildman–Crippen MR) is 161 cm³/mol. The fraction of sp³-hybridized carbons (Fsp3) is 0.889. The molecule has 0 radical (unpaired) electrons. The van der Waals surface area contributed by atoms with Crippen LogP contribution in [-0.2, 0) is 19.2 Å². The molecular formula is C36H54N2O4. The fourth-order valence-corrected chi connectivity index (χ4v) is 12.7. The van der Waals surface area contributed by atoms with Crippen LogP contribution in [-0.4, -0.2) is 23.6 Å². The molecule has 6 atom stereocenters. The second kappa shape index (κ2) is 10.7. The van der Waals surface area contributed by atoms with Gasteiger partial charge in [0, 0.05) is 0 Å². The Morgan fingerprint density at radius 3 is 1.55 bits per heavy atom. The third-order valence-corrected chi connectivity index (χ3v) is 14.7. The van der Waals surface area contributed by atoms with Gasteiger partial charge in [-0.2, -0.15) is 0 Å². The third kappa shape index (κ3) is 3.80. The van der Waals surface area contributed by atoms with Crippen LogP contribution >= 0.6 is 0 Å². The Morgan fingerprint density at radius 2 is 0.952 bits per heavy atom. The number of carbonyl (C=O) groups excluding carboxylic acids is 4. The summed E-state index contributed by atoms with van der Waals surface area (Å²) in [6.07, 6.45) is 28.1. The van der Waals surface area contributed by atoms with Crippen LogP contribution in [0.15, 0.2) is 0 Å². The molecule has 0 bridgehead atoms. The Kier molecular flexibility index (Phi) is 7.41. The fourth-order valence-electron chi connectivity index (χ4n) is 12.7. The molecule has 0 aromatic carbocycles. The minimum Gasteiger partial charge on any atom is -0.295 e. The van der Waals surface area contributed by atoms with Crippen molar-refractivity contribution in [1.29, 1.82) is 0 Å². The third-order valence-electron chi connectivity index (χ3n) is 14.7. The highest BCUT2D eigenvalue weighted by Crippen LogP contribution is 2.76. The first-order valence-electron chi connectivity index (χ1n) is 18.1. The van der Waals surface area contributed by atoms with Gasteiger partial charge in [0.15, 0.2) is 0 Å². The highest BCUT2D eigenvalue weighted by atomic mass is 16.2. The van der Waals surface area contributed by atoms with Gasteiger partial charge in [-0.3, -0.25) is 29.8 Å². The molecule has 6 heteroatoms. The van der Waals surface area contributed by atoms with Gasteiger partial charge in [-0.1, -0.05) is 96.3 Å². The van der Waals surface area contributed by atoms with Gasteiger partial charge in [0.1, 0.15) is 0 Å². The lowest BCUT2D eigenvalue weighted by Crippen LogP contribution is -2.66. The maximum atomic E-state index is 13.8. The summed E-state index contributed by atoms with van der Waals surface area (Å²) in [6.45, 7) is 0. The lowest BCUT2D eigenvalue weighted by atomic mass is 9.34. The minimum atomic E-state index is -0.484. The molecule has 5 saturated carbocycles. The van der Waals surface area contributed by atoms with Gasteiger partial charge in [-0.25, -0.2) is 0 Å². The number of rotatable bonds is 5. The number of nitrogens with one attached hydrogen (secondary N) is 2. The van der Waals surface area contributed by atoms with E-state index < -0.39 is 21.7 Å². The highest BCUT2D eigenvalue weighted by molar-refractivity contribution is 6.12. The molecule has 2 heterocycles. The topological polar surface area (TPSA) is 92.3 Å². The Balaban J connectivity index is 1.15. The van der Waals surface area contributed by atoms with Gasteiger partial charge >= 0.3 is 0 Å². The summed E-state index contributed by atoms with van der Waals surface area (Å²) in [7, 11) is 0. The summed E-state index contributed by atoms with van der Waals surface area (Å²) in [5, 5.41) is 5.64. The smallest absolute Gasteiger partial charge is 0.234 e. The van der Waals surface area contributed by atoms with E-state index in [0.29, 0.717) is 11.8 Å². The van der Waals surface area contributed by atoms with Crippen LogP contribution in [0, 0.1) is 38.9 Å². The quantitative estimate of drug-likeness (QED) is 0.335. The lowest BCUT2D eigenvalue weighted by molar-refractivity contribution is -0.206. The number of amides is 4. The Labute approximate surface area is 252 Å². The largest absolute Gasteiger partial charge is 0.295 e. The van der Waals surface area contributed by atoms with Gasteiger partial charge in [0.25, 0.3) is 0 Å². The SMILES string of the molecule is O=C1NC(=O)C23CCCCC12CC3CCCC1(C2CC34CCCCC23C(=O)NC4=O)CCCCCCCCCCCC1. The molecule has 0 aromatic rings. The number of hydrogen-bond acceptors (Lipinski definition) is 4. The molecule has 5 aliphatic carbocycles. The van der Waals surface area contributed by atoms with Crippen LogP contribution in [0.25, 0.3) is 0 Å². The van der Waals surface area contributed by atoms with Crippen LogP contribution in [0.4, 0.5) is 0 Å². The van der Waals surface area contributed by atoms with Gasteiger partial charge in [-0.05, 0) is 81.5 Å². The average Bonchev–Trinajstić information content (AvgIpc) is 3.26. The monoisotopic (exact) mass is 578 g/mol. The van der Waals surface area contributed by atoms with E-state index in [0.717, 1.165) is 83.5 Å². The second-order valence-electron chi connectivity index (χ2n) is 16.0. The van der Waals surface area contributed by atoms with E-state index in [-0.39, 0.29) is 29.0 Å². The van der Waals surface area contributed by atoms with Gasteiger partial charge < -0.3 is 0 Å². The first-order valence-corrected chi connectivity index (χ1v) is 18.1. The molecule has 2 saturated heterocycles. The molecule has 42 heavy (non-hydrogen) atoms. The molecule has 4 amide bonds. The van der Waals surface area contributed by atoms with Gasteiger partial charge in [0.2, 0.25) is 23.6 Å². The van der Waals surface area contributed by atoms with Crippen molar-refractivity contribution >= 4 is 23.6 Å². The molecular weight excluding hydrogens is 524 g/mol. The number of hydrogen-bond donors (Lipinski definition) is 2. The summed E-state index contributed by atoms with van der Waals surface area (Å²) < 4.78 is 0.